The van der Waals surface area contributed by atoms with Crippen molar-refractivity contribution in [2.45, 2.75) is 66.2 Å². The van der Waals surface area contributed by atoms with E-state index in [9.17, 15) is 9.59 Å². The summed E-state index contributed by atoms with van der Waals surface area (Å²) < 4.78 is 10.8. The highest BCUT2D eigenvalue weighted by Crippen LogP contribution is 2.26. The second-order valence-corrected chi connectivity index (χ2v) is 9.60. The highest BCUT2D eigenvalue weighted by Gasteiger charge is 2.31. The third-order valence-corrected chi connectivity index (χ3v) is 4.16. The molecule has 1 N–H and O–H groups in total. The van der Waals surface area contributed by atoms with Crippen LogP contribution in [0.1, 0.15) is 52.7 Å². The second kappa shape index (κ2) is 9.56. The summed E-state index contributed by atoms with van der Waals surface area (Å²) in [6, 6.07) is 9.05. The van der Waals surface area contributed by atoms with Gasteiger partial charge < -0.3 is 14.8 Å². The molecule has 8 heteroatoms. The average molecular weight is 448 g/mol. The summed E-state index contributed by atoms with van der Waals surface area (Å²) in [5, 5.41) is 3.60. The zero-order chi connectivity index (χ0) is 23.4. The van der Waals surface area contributed by atoms with Gasteiger partial charge in [-0.05, 0) is 89.9 Å². The predicted octanol–water partition coefficient (Wildman–Crippen LogP) is 6.46. The van der Waals surface area contributed by atoms with Gasteiger partial charge in [-0.2, -0.15) is 0 Å². The van der Waals surface area contributed by atoms with Crippen LogP contribution in [0.2, 0.25) is 5.02 Å². The van der Waals surface area contributed by atoms with E-state index >= 15 is 0 Å². The zero-order valence-electron chi connectivity index (χ0n) is 19.1. The van der Waals surface area contributed by atoms with Crippen LogP contribution in [-0.2, 0) is 16.0 Å². The molecule has 0 spiro atoms. The zero-order valence-corrected chi connectivity index (χ0v) is 19.8. The molecule has 2 aromatic rings. The molecule has 168 valence electrons. The van der Waals surface area contributed by atoms with E-state index in [0.717, 1.165) is 10.5 Å². The van der Waals surface area contributed by atoms with Crippen molar-refractivity contribution in [2.24, 2.45) is 0 Å². The molecular formula is C23H30ClN3O4. The smallest absolute Gasteiger partial charge is 0.420 e. The van der Waals surface area contributed by atoms with Crippen LogP contribution in [0, 0.1) is 6.92 Å². The van der Waals surface area contributed by atoms with Crippen LogP contribution in [0.25, 0.3) is 0 Å². The SMILES string of the molecule is Cc1ccnc(Nc2ccc(Cl)c(CN(C(=O)OC(C)(C)C)C(=O)OC(C)(C)C)c2)c1. The van der Waals surface area contributed by atoms with Crippen LogP contribution in [0.5, 0.6) is 0 Å². The van der Waals surface area contributed by atoms with Gasteiger partial charge in [-0.3, -0.25) is 0 Å². The first-order valence-corrected chi connectivity index (χ1v) is 10.3. The molecular weight excluding hydrogens is 418 g/mol. The summed E-state index contributed by atoms with van der Waals surface area (Å²) in [7, 11) is 0. The Kier molecular flexibility index (Phi) is 7.54. The van der Waals surface area contributed by atoms with Crippen LogP contribution in [0.15, 0.2) is 36.5 Å². The molecule has 0 saturated carbocycles. The largest absolute Gasteiger partial charge is 0.443 e. The molecule has 0 bridgehead atoms. The Hall–Kier alpha value is -2.80. The molecule has 0 aliphatic heterocycles. The van der Waals surface area contributed by atoms with Gasteiger partial charge in [0, 0.05) is 16.9 Å². The summed E-state index contributed by atoms with van der Waals surface area (Å²) in [6.07, 6.45) is 0.0920. The van der Waals surface area contributed by atoms with Crippen molar-refractivity contribution in [3.63, 3.8) is 0 Å². The van der Waals surface area contributed by atoms with Crippen LogP contribution in [0.3, 0.4) is 0 Å². The minimum Gasteiger partial charge on any atom is -0.443 e. The first kappa shape index (κ1) is 24.5. The van der Waals surface area contributed by atoms with Crippen molar-refractivity contribution in [3.05, 3.63) is 52.7 Å². The lowest BCUT2D eigenvalue weighted by molar-refractivity contribution is -0.000237. The maximum atomic E-state index is 12.7. The third kappa shape index (κ3) is 8.09. The number of anilines is 2. The molecule has 1 aromatic heterocycles. The Bertz CT molecular complexity index is 921. The first-order chi connectivity index (χ1) is 14.2. The van der Waals surface area contributed by atoms with E-state index in [2.05, 4.69) is 10.3 Å². The fourth-order valence-electron chi connectivity index (χ4n) is 2.53. The van der Waals surface area contributed by atoms with Gasteiger partial charge in [-0.1, -0.05) is 11.6 Å². The van der Waals surface area contributed by atoms with Crippen molar-refractivity contribution >= 4 is 35.3 Å². The predicted molar refractivity (Wildman–Crippen MR) is 122 cm³/mol. The quantitative estimate of drug-likeness (QED) is 0.579. The Morgan fingerprint density at radius 1 is 1.00 bits per heavy atom. The molecule has 0 aliphatic carbocycles. The summed E-state index contributed by atoms with van der Waals surface area (Å²) in [4.78, 5) is 30.7. The van der Waals surface area contributed by atoms with Crippen LogP contribution in [0.4, 0.5) is 21.1 Å². The molecule has 1 heterocycles. The first-order valence-electron chi connectivity index (χ1n) is 9.95. The number of pyridine rings is 1. The lowest BCUT2D eigenvalue weighted by atomic mass is 10.1. The number of aryl methyl sites for hydroxylation is 1. The van der Waals surface area contributed by atoms with E-state index in [1.807, 2.05) is 19.1 Å². The van der Waals surface area contributed by atoms with Gasteiger partial charge in [0.05, 0.1) is 6.54 Å². The summed E-state index contributed by atoms with van der Waals surface area (Å²) >= 11 is 6.37. The number of carbonyl (C=O) groups excluding carboxylic acids is 2. The number of hydrogen-bond donors (Lipinski definition) is 1. The lowest BCUT2D eigenvalue weighted by Crippen LogP contribution is -2.43. The van der Waals surface area contributed by atoms with Gasteiger partial charge in [0.15, 0.2) is 0 Å². The summed E-state index contributed by atoms with van der Waals surface area (Å²) in [6.45, 7) is 12.2. The maximum Gasteiger partial charge on any atom is 0.420 e. The Morgan fingerprint density at radius 3 is 2.10 bits per heavy atom. The Morgan fingerprint density at radius 2 is 1.58 bits per heavy atom. The molecule has 7 nitrogen and oxygen atoms in total. The van der Waals surface area contributed by atoms with E-state index in [1.54, 1.807) is 65.9 Å². The third-order valence-electron chi connectivity index (χ3n) is 3.79. The molecule has 0 atom stereocenters. The molecule has 2 rings (SSSR count). The monoisotopic (exact) mass is 447 g/mol. The fourth-order valence-corrected chi connectivity index (χ4v) is 2.71. The molecule has 2 amide bonds. The highest BCUT2D eigenvalue weighted by molar-refractivity contribution is 6.31. The summed E-state index contributed by atoms with van der Waals surface area (Å²) in [5.41, 5.74) is 0.776. The normalized spacial score (nSPS) is 11.6. The van der Waals surface area contributed by atoms with Crippen molar-refractivity contribution < 1.29 is 19.1 Å². The number of aromatic nitrogens is 1. The number of ether oxygens (including phenoxy) is 2. The lowest BCUT2D eigenvalue weighted by Gasteiger charge is -2.29. The number of nitrogens with one attached hydrogen (secondary N) is 1. The van der Waals surface area contributed by atoms with Gasteiger partial charge in [-0.25, -0.2) is 19.5 Å². The molecule has 31 heavy (non-hydrogen) atoms. The van der Waals surface area contributed by atoms with Gasteiger partial charge in [0.2, 0.25) is 0 Å². The summed E-state index contributed by atoms with van der Waals surface area (Å²) in [5.74, 6) is 0.671. The number of halogens is 1. The van der Waals surface area contributed by atoms with E-state index in [1.165, 1.54) is 0 Å². The topological polar surface area (TPSA) is 80.8 Å². The number of rotatable bonds is 4. The van der Waals surface area contributed by atoms with Gasteiger partial charge in [0.25, 0.3) is 0 Å². The van der Waals surface area contributed by atoms with Gasteiger partial charge >= 0.3 is 12.2 Å². The Labute approximate surface area is 188 Å². The molecule has 0 saturated heterocycles. The molecule has 0 fully saturated rings. The number of benzene rings is 1. The van der Waals surface area contributed by atoms with Crippen LogP contribution in [-0.4, -0.2) is 33.3 Å². The number of carbonyl (C=O) groups is 2. The Balaban J connectivity index is 2.31. The maximum absolute atomic E-state index is 12.7. The number of imide groups is 1. The van der Waals surface area contributed by atoms with Crippen molar-refractivity contribution in [3.8, 4) is 0 Å². The molecule has 1 aromatic carbocycles. The average Bonchev–Trinajstić information content (AvgIpc) is 2.59. The fraction of sp³-hybridized carbons (Fsp3) is 0.435. The molecule has 0 radical (unpaired) electrons. The molecule has 0 aliphatic rings. The highest BCUT2D eigenvalue weighted by atomic mass is 35.5. The minimum absolute atomic E-state index is 0.112. The minimum atomic E-state index is -0.809. The number of amides is 2. The van der Waals surface area contributed by atoms with E-state index in [0.29, 0.717) is 22.1 Å². The number of nitrogens with zero attached hydrogens (tertiary/aromatic N) is 2. The molecule has 0 unspecified atom stereocenters. The second-order valence-electron chi connectivity index (χ2n) is 9.20. The number of hydrogen-bond acceptors (Lipinski definition) is 6. The van der Waals surface area contributed by atoms with Crippen molar-refractivity contribution in [1.82, 2.24) is 9.88 Å². The van der Waals surface area contributed by atoms with Crippen LogP contribution >= 0.6 is 11.6 Å². The van der Waals surface area contributed by atoms with Crippen molar-refractivity contribution in [1.29, 1.82) is 0 Å². The van der Waals surface area contributed by atoms with Crippen molar-refractivity contribution in [2.75, 3.05) is 5.32 Å². The van der Waals surface area contributed by atoms with E-state index in [-0.39, 0.29) is 6.54 Å². The van der Waals surface area contributed by atoms with Gasteiger partial charge in [-0.15, -0.1) is 0 Å². The van der Waals surface area contributed by atoms with E-state index < -0.39 is 23.4 Å². The van der Waals surface area contributed by atoms with E-state index in [4.69, 9.17) is 21.1 Å². The van der Waals surface area contributed by atoms with Gasteiger partial charge in [0.1, 0.15) is 17.0 Å². The standard InChI is InChI=1S/C23H30ClN3O4/c1-15-10-11-25-19(12-15)26-17-8-9-18(24)16(13-17)14-27(20(28)30-22(2,3)4)21(29)31-23(5,6)7/h8-13H,14H2,1-7H3,(H,25,26). The van der Waals surface area contributed by atoms with Crippen LogP contribution < -0.4 is 5.32 Å².